The lowest BCUT2D eigenvalue weighted by Crippen LogP contribution is -2.38. The average Bonchev–Trinajstić information content (AvgIpc) is 2.50. The van der Waals surface area contributed by atoms with Crippen LogP contribution in [0.2, 0.25) is 0 Å². The third-order valence-corrected chi connectivity index (χ3v) is 3.50. The van der Waals surface area contributed by atoms with Crippen LogP contribution in [-0.4, -0.2) is 40.4 Å². The van der Waals surface area contributed by atoms with E-state index in [1.165, 1.54) is 0 Å². The number of alkyl halides is 1. The highest BCUT2D eigenvalue weighted by Gasteiger charge is 2.32. The minimum Gasteiger partial charge on any atom is -0.394 e. The van der Waals surface area contributed by atoms with Crippen LogP contribution in [0.1, 0.15) is 19.8 Å². The molecule has 1 rings (SSSR count). The number of aliphatic hydroxyl groups excluding tert-OH is 1. The van der Waals surface area contributed by atoms with Gasteiger partial charge in [0.1, 0.15) is 0 Å². The van der Waals surface area contributed by atoms with Crippen molar-refractivity contribution in [3.05, 3.63) is 0 Å². The number of hydrogen-bond acceptors (Lipinski definition) is 2. The van der Waals surface area contributed by atoms with E-state index in [4.69, 9.17) is 5.11 Å². The fourth-order valence-corrected chi connectivity index (χ4v) is 2.15. The SMILES string of the molecule is CCC(CO)N1CC(CBr)CC1=O. The normalized spacial score (nSPS) is 25.3. The van der Waals surface area contributed by atoms with Crippen molar-refractivity contribution in [3.63, 3.8) is 0 Å². The second kappa shape index (κ2) is 4.96. The van der Waals surface area contributed by atoms with Crippen LogP contribution in [0.3, 0.4) is 0 Å². The molecule has 0 bridgehead atoms. The Morgan fingerprint density at radius 1 is 1.77 bits per heavy atom. The van der Waals surface area contributed by atoms with E-state index in [9.17, 15) is 4.79 Å². The molecule has 1 aliphatic heterocycles. The molecule has 0 spiro atoms. The number of nitrogens with zero attached hydrogens (tertiary/aromatic N) is 1. The summed E-state index contributed by atoms with van der Waals surface area (Å²) in [6.07, 6.45) is 1.46. The van der Waals surface area contributed by atoms with Gasteiger partial charge in [-0.05, 0) is 12.3 Å². The van der Waals surface area contributed by atoms with Crippen LogP contribution < -0.4 is 0 Å². The summed E-state index contributed by atoms with van der Waals surface area (Å²) in [5.74, 6) is 0.610. The Balaban J connectivity index is 2.55. The van der Waals surface area contributed by atoms with E-state index in [1.54, 1.807) is 0 Å². The number of carbonyl (C=O) groups is 1. The summed E-state index contributed by atoms with van der Waals surface area (Å²) < 4.78 is 0. The molecule has 1 fully saturated rings. The summed E-state index contributed by atoms with van der Waals surface area (Å²) in [6.45, 7) is 2.87. The van der Waals surface area contributed by atoms with Crippen LogP contribution in [0.4, 0.5) is 0 Å². The molecule has 0 saturated carbocycles. The molecule has 76 valence electrons. The van der Waals surface area contributed by atoms with Crippen LogP contribution in [0.25, 0.3) is 0 Å². The first kappa shape index (κ1) is 11.0. The highest BCUT2D eigenvalue weighted by Crippen LogP contribution is 2.22. The van der Waals surface area contributed by atoms with E-state index in [-0.39, 0.29) is 18.6 Å². The fourth-order valence-electron chi connectivity index (χ4n) is 1.71. The molecule has 0 aromatic carbocycles. The van der Waals surface area contributed by atoms with Crippen LogP contribution in [0, 0.1) is 5.92 Å². The average molecular weight is 250 g/mol. The molecule has 1 saturated heterocycles. The maximum Gasteiger partial charge on any atom is 0.223 e. The van der Waals surface area contributed by atoms with E-state index < -0.39 is 0 Å². The summed E-state index contributed by atoms with van der Waals surface area (Å²) in [7, 11) is 0. The molecule has 1 amide bonds. The first-order valence-corrected chi connectivity index (χ1v) is 5.81. The van der Waals surface area contributed by atoms with Crippen LogP contribution in [0.15, 0.2) is 0 Å². The highest BCUT2D eigenvalue weighted by molar-refractivity contribution is 9.09. The zero-order chi connectivity index (χ0) is 9.84. The third kappa shape index (κ3) is 2.44. The van der Waals surface area contributed by atoms with E-state index >= 15 is 0 Å². The van der Waals surface area contributed by atoms with Gasteiger partial charge in [-0.1, -0.05) is 22.9 Å². The van der Waals surface area contributed by atoms with E-state index in [1.807, 2.05) is 11.8 Å². The Kier molecular flexibility index (Phi) is 4.19. The molecular weight excluding hydrogens is 234 g/mol. The van der Waals surface area contributed by atoms with Crippen LogP contribution in [0.5, 0.6) is 0 Å². The monoisotopic (exact) mass is 249 g/mol. The van der Waals surface area contributed by atoms with Gasteiger partial charge in [-0.15, -0.1) is 0 Å². The van der Waals surface area contributed by atoms with Gasteiger partial charge in [0.2, 0.25) is 5.91 Å². The minimum absolute atomic E-state index is 0.0246. The lowest BCUT2D eigenvalue weighted by molar-refractivity contribution is -0.130. The van der Waals surface area contributed by atoms with Gasteiger partial charge in [-0.3, -0.25) is 4.79 Å². The summed E-state index contributed by atoms with van der Waals surface area (Å²) in [4.78, 5) is 13.3. The third-order valence-electron chi connectivity index (χ3n) is 2.58. The van der Waals surface area contributed by atoms with Gasteiger partial charge in [0, 0.05) is 18.3 Å². The Labute approximate surface area is 87.2 Å². The zero-order valence-electron chi connectivity index (χ0n) is 7.87. The summed E-state index contributed by atoms with van der Waals surface area (Å²) in [5.41, 5.74) is 0. The number of halogens is 1. The Morgan fingerprint density at radius 2 is 2.46 bits per heavy atom. The quantitative estimate of drug-likeness (QED) is 0.756. The van der Waals surface area contributed by atoms with E-state index in [0.29, 0.717) is 12.3 Å². The molecule has 2 atom stereocenters. The largest absolute Gasteiger partial charge is 0.394 e. The molecular formula is C9H16BrNO2. The number of hydrogen-bond donors (Lipinski definition) is 1. The lowest BCUT2D eigenvalue weighted by Gasteiger charge is -2.25. The van der Waals surface area contributed by atoms with Gasteiger partial charge in [0.15, 0.2) is 0 Å². The molecule has 13 heavy (non-hydrogen) atoms. The molecule has 0 radical (unpaired) electrons. The van der Waals surface area contributed by atoms with Crippen molar-refractivity contribution in [2.45, 2.75) is 25.8 Å². The summed E-state index contributed by atoms with van der Waals surface area (Å²) >= 11 is 3.38. The Hall–Kier alpha value is -0.0900. The lowest BCUT2D eigenvalue weighted by atomic mass is 10.1. The van der Waals surface area contributed by atoms with Crippen LogP contribution >= 0.6 is 15.9 Å². The van der Waals surface area contributed by atoms with Gasteiger partial charge in [0.05, 0.1) is 12.6 Å². The van der Waals surface area contributed by atoms with Crippen LogP contribution in [-0.2, 0) is 4.79 Å². The molecule has 1 N–H and O–H groups in total. The highest BCUT2D eigenvalue weighted by atomic mass is 79.9. The number of likely N-dealkylation sites (tertiary alicyclic amines) is 1. The standard InChI is InChI=1S/C9H16BrNO2/c1-2-8(6-12)11-5-7(4-10)3-9(11)13/h7-8,12H,2-6H2,1H3. The number of rotatable bonds is 4. The number of amides is 1. The van der Waals surface area contributed by atoms with Gasteiger partial charge in [0.25, 0.3) is 0 Å². The van der Waals surface area contributed by atoms with Crippen molar-refractivity contribution in [1.82, 2.24) is 4.90 Å². The first-order valence-electron chi connectivity index (χ1n) is 4.69. The first-order chi connectivity index (χ1) is 6.22. The maximum atomic E-state index is 11.5. The second-order valence-corrected chi connectivity index (χ2v) is 4.16. The van der Waals surface area contributed by atoms with Crippen molar-refractivity contribution in [2.24, 2.45) is 5.92 Å². The van der Waals surface area contributed by atoms with Crippen molar-refractivity contribution in [3.8, 4) is 0 Å². The Morgan fingerprint density at radius 3 is 2.85 bits per heavy atom. The number of aliphatic hydroxyl groups is 1. The predicted octanol–water partition coefficient (Wildman–Crippen LogP) is 1.00. The predicted molar refractivity (Wildman–Crippen MR) is 54.8 cm³/mol. The van der Waals surface area contributed by atoms with Crippen molar-refractivity contribution < 1.29 is 9.90 Å². The summed E-state index contributed by atoms with van der Waals surface area (Å²) in [5, 5.41) is 9.93. The van der Waals surface area contributed by atoms with E-state index in [0.717, 1.165) is 18.3 Å². The molecule has 2 unspecified atom stereocenters. The zero-order valence-corrected chi connectivity index (χ0v) is 9.46. The van der Waals surface area contributed by atoms with Crippen molar-refractivity contribution in [2.75, 3.05) is 18.5 Å². The molecule has 4 heteroatoms. The van der Waals surface area contributed by atoms with Gasteiger partial charge in [-0.25, -0.2) is 0 Å². The fraction of sp³-hybridized carbons (Fsp3) is 0.889. The smallest absolute Gasteiger partial charge is 0.223 e. The summed E-state index contributed by atoms with van der Waals surface area (Å²) in [6, 6.07) is 0.0246. The van der Waals surface area contributed by atoms with Gasteiger partial charge in [-0.2, -0.15) is 0 Å². The topological polar surface area (TPSA) is 40.5 Å². The second-order valence-electron chi connectivity index (χ2n) is 3.52. The molecule has 1 aliphatic rings. The van der Waals surface area contributed by atoms with Gasteiger partial charge < -0.3 is 10.0 Å². The van der Waals surface area contributed by atoms with Crippen molar-refractivity contribution >= 4 is 21.8 Å². The molecule has 3 nitrogen and oxygen atoms in total. The molecule has 1 heterocycles. The minimum atomic E-state index is 0.0246. The Bertz CT molecular complexity index is 182. The number of carbonyl (C=O) groups excluding carboxylic acids is 1. The molecule has 0 aromatic rings. The van der Waals surface area contributed by atoms with Gasteiger partial charge >= 0.3 is 0 Å². The molecule has 0 aliphatic carbocycles. The van der Waals surface area contributed by atoms with E-state index in [2.05, 4.69) is 15.9 Å². The molecule has 0 aromatic heterocycles. The maximum absolute atomic E-state index is 11.5. The van der Waals surface area contributed by atoms with Crippen molar-refractivity contribution in [1.29, 1.82) is 0 Å².